The highest BCUT2D eigenvalue weighted by Gasteiger charge is 2.44. The Kier molecular flexibility index (Phi) is 6.57. The van der Waals surface area contributed by atoms with Crippen LogP contribution in [0.2, 0.25) is 0 Å². The molecule has 0 aromatic rings. The van der Waals surface area contributed by atoms with Crippen molar-refractivity contribution >= 4 is 17.9 Å². The Hall–Kier alpha value is -1.67. The molecule has 0 aromatic heterocycles. The molecular weight excluding hydrogens is 284 g/mol. The van der Waals surface area contributed by atoms with Gasteiger partial charge in [0.15, 0.2) is 12.4 Å². The third kappa shape index (κ3) is 5.68. The van der Waals surface area contributed by atoms with Gasteiger partial charge >= 0.3 is 17.9 Å². The summed E-state index contributed by atoms with van der Waals surface area (Å²) in [6.45, 7) is 3.55. The zero-order chi connectivity index (χ0) is 16.0. The summed E-state index contributed by atoms with van der Waals surface area (Å²) < 4.78 is 25.7. The summed E-state index contributed by atoms with van der Waals surface area (Å²) in [7, 11) is 1.45. The van der Waals surface area contributed by atoms with Gasteiger partial charge < -0.3 is 23.7 Å². The number of rotatable bonds is 6. The van der Waals surface area contributed by atoms with Gasteiger partial charge in [0.25, 0.3) is 0 Å². The van der Waals surface area contributed by atoms with Crippen molar-refractivity contribution in [1.29, 1.82) is 0 Å². The molecule has 1 aliphatic heterocycles. The molecule has 4 atom stereocenters. The van der Waals surface area contributed by atoms with Gasteiger partial charge in [-0.25, -0.2) is 0 Å². The fourth-order valence-corrected chi connectivity index (χ4v) is 2.06. The van der Waals surface area contributed by atoms with Crippen LogP contribution in [0.3, 0.4) is 0 Å². The van der Waals surface area contributed by atoms with Crippen molar-refractivity contribution in [3.05, 3.63) is 0 Å². The van der Waals surface area contributed by atoms with E-state index >= 15 is 0 Å². The Bertz CT molecular complexity index is 394. The molecule has 1 heterocycles. The average molecular weight is 304 g/mol. The lowest BCUT2D eigenvalue weighted by Crippen LogP contribution is -2.42. The zero-order valence-electron chi connectivity index (χ0n) is 12.5. The summed E-state index contributed by atoms with van der Waals surface area (Å²) in [5.41, 5.74) is 0. The fourth-order valence-electron chi connectivity index (χ4n) is 2.06. The molecule has 120 valence electrons. The van der Waals surface area contributed by atoms with E-state index in [1.165, 1.54) is 27.9 Å². The molecule has 21 heavy (non-hydrogen) atoms. The number of hydrogen-bond donors (Lipinski definition) is 0. The smallest absolute Gasteiger partial charge is 0.303 e. The van der Waals surface area contributed by atoms with Crippen molar-refractivity contribution in [1.82, 2.24) is 0 Å². The van der Waals surface area contributed by atoms with Crippen LogP contribution in [0.5, 0.6) is 0 Å². The van der Waals surface area contributed by atoms with Gasteiger partial charge in [-0.3, -0.25) is 14.4 Å². The summed E-state index contributed by atoms with van der Waals surface area (Å²) in [6, 6.07) is 0. The predicted octanol–water partition coefficient (Wildman–Crippen LogP) is 0.174. The van der Waals surface area contributed by atoms with Crippen LogP contribution in [-0.4, -0.2) is 56.2 Å². The molecule has 1 rings (SSSR count). The molecule has 0 spiro atoms. The summed E-state index contributed by atoms with van der Waals surface area (Å²) >= 11 is 0. The zero-order valence-corrected chi connectivity index (χ0v) is 12.5. The Morgan fingerprint density at radius 2 is 1.81 bits per heavy atom. The summed E-state index contributed by atoms with van der Waals surface area (Å²) in [5, 5.41) is 0. The van der Waals surface area contributed by atoms with E-state index in [0.717, 1.165) is 0 Å². The van der Waals surface area contributed by atoms with E-state index in [1.807, 2.05) is 0 Å². The molecule has 8 heteroatoms. The minimum absolute atomic E-state index is 0.187. The first-order valence-corrected chi connectivity index (χ1v) is 6.49. The highest BCUT2D eigenvalue weighted by molar-refractivity contribution is 5.67. The van der Waals surface area contributed by atoms with Crippen LogP contribution in [0, 0.1) is 0 Å². The van der Waals surface area contributed by atoms with Gasteiger partial charge in [0, 0.05) is 34.3 Å². The Balaban J connectivity index is 2.81. The van der Waals surface area contributed by atoms with E-state index in [-0.39, 0.29) is 6.61 Å². The van der Waals surface area contributed by atoms with Crippen LogP contribution in [0.4, 0.5) is 0 Å². The van der Waals surface area contributed by atoms with Gasteiger partial charge in [0.05, 0.1) is 0 Å². The first-order chi connectivity index (χ1) is 9.83. The third-order valence-electron chi connectivity index (χ3n) is 2.81. The van der Waals surface area contributed by atoms with Gasteiger partial charge in [-0.2, -0.15) is 0 Å². The maximum Gasteiger partial charge on any atom is 0.303 e. The third-order valence-corrected chi connectivity index (χ3v) is 2.81. The maximum absolute atomic E-state index is 11.2. The number of carbonyl (C=O) groups excluding carboxylic acids is 3. The van der Waals surface area contributed by atoms with Crippen molar-refractivity contribution < 1.29 is 38.1 Å². The highest BCUT2D eigenvalue weighted by Crippen LogP contribution is 2.28. The minimum Gasteiger partial charge on any atom is -0.462 e. The molecule has 8 nitrogen and oxygen atoms in total. The monoisotopic (exact) mass is 304 g/mol. The van der Waals surface area contributed by atoms with Gasteiger partial charge in [0.2, 0.25) is 0 Å². The molecule has 0 amide bonds. The highest BCUT2D eigenvalue weighted by atomic mass is 16.7. The molecule has 0 aromatic carbocycles. The first kappa shape index (κ1) is 17.4. The number of hydrogen-bond acceptors (Lipinski definition) is 8. The summed E-state index contributed by atoms with van der Waals surface area (Å²) in [6.07, 6.45) is -2.57. The van der Waals surface area contributed by atoms with Crippen molar-refractivity contribution in [3.8, 4) is 0 Å². The van der Waals surface area contributed by atoms with E-state index in [0.29, 0.717) is 6.42 Å². The molecule has 1 aliphatic rings. The molecule has 1 saturated heterocycles. The minimum atomic E-state index is -0.879. The topological polar surface area (TPSA) is 97.4 Å². The van der Waals surface area contributed by atoms with Gasteiger partial charge in [-0.15, -0.1) is 0 Å². The quantitative estimate of drug-likeness (QED) is 0.506. The molecule has 0 saturated carbocycles. The second-order valence-electron chi connectivity index (χ2n) is 4.60. The maximum atomic E-state index is 11.2. The van der Waals surface area contributed by atoms with Crippen LogP contribution >= 0.6 is 0 Å². The van der Waals surface area contributed by atoms with Crippen LogP contribution in [0.1, 0.15) is 27.2 Å². The molecule has 0 radical (unpaired) electrons. The van der Waals surface area contributed by atoms with Crippen LogP contribution in [0.25, 0.3) is 0 Å². The van der Waals surface area contributed by atoms with Crippen LogP contribution in [-0.2, 0) is 38.1 Å². The number of methoxy groups -OCH3 is 1. The normalized spacial score (nSPS) is 26.0. The number of esters is 3. The number of ether oxygens (including phenoxy) is 5. The SMILES string of the molecule is COC1CC(OC(C)=O)C([C@H](COC(C)=O)OC(C)=O)O1. The van der Waals surface area contributed by atoms with E-state index < -0.39 is 42.5 Å². The van der Waals surface area contributed by atoms with Gasteiger partial charge in [-0.05, 0) is 0 Å². The Morgan fingerprint density at radius 1 is 1.14 bits per heavy atom. The Labute approximate surface area is 122 Å². The first-order valence-electron chi connectivity index (χ1n) is 6.49. The lowest BCUT2D eigenvalue weighted by Gasteiger charge is -2.26. The molecule has 0 N–H and O–H groups in total. The van der Waals surface area contributed by atoms with Gasteiger partial charge in [0.1, 0.15) is 18.8 Å². The molecule has 1 fully saturated rings. The molecule has 0 bridgehead atoms. The standard InChI is InChI=1S/C13H20O8/c1-7(14)18-6-11(20-9(3)16)13-10(19-8(2)15)5-12(17-4)21-13/h10-13H,5-6H2,1-4H3/t10?,11-,12?,13?/m0/s1. The van der Waals surface area contributed by atoms with Crippen molar-refractivity contribution in [2.24, 2.45) is 0 Å². The molecular formula is C13H20O8. The van der Waals surface area contributed by atoms with Gasteiger partial charge in [-0.1, -0.05) is 0 Å². The number of carbonyl (C=O) groups is 3. The lowest BCUT2D eigenvalue weighted by atomic mass is 10.1. The second kappa shape index (κ2) is 7.94. The van der Waals surface area contributed by atoms with E-state index in [2.05, 4.69) is 0 Å². The Morgan fingerprint density at radius 3 is 2.29 bits per heavy atom. The van der Waals surface area contributed by atoms with Crippen molar-refractivity contribution in [3.63, 3.8) is 0 Å². The predicted molar refractivity (Wildman–Crippen MR) is 68.0 cm³/mol. The average Bonchev–Trinajstić information content (AvgIpc) is 2.76. The van der Waals surface area contributed by atoms with E-state index in [4.69, 9.17) is 23.7 Å². The van der Waals surface area contributed by atoms with E-state index in [9.17, 15) is 14.4 Å². The van der Waals surface area contributed by atoms with E-state index in [1.54, 1.807) is 0 Å². The molecule has 0 aliphatic carbocycles. The van der Waals surface area contributed by atoms with Crippen LogP contribution in [0.15, 0.2) is 0 Å². The van der Waals surface area contributed by atoms with Crippen molar-refractivity contribution in [2.75, 3.05) is 13.7 Å². The fraction of sp³-hybridized carbons (Fsp3) is 0.769. The van der Waals surface area contributed by atoms with Crippen molar-refractivity contribution in [2.45, 2.75) is 51.8 Å². The second-order valence-corrected chi connectivity index (χ2v) is 4.60. The molecule has 3 unspecified atom stereocenters. The van der Waals surface area contributed by atoms with Crippen LogP contribution < -0.4 is 0 Å². The summed E-state index contributed by atoms with van der Waals surface area (Å²) in [4.78, 5) is 33.2. The lowest BCUT2D eigenvalue weighted by molar-refractivity contribution is -0.186. The summed E-state index contributed by atoms with van der Waals surface area (Å²) in [5.74, 6) is -1.56. The largest absolute Gasteiger partial charge is 0.462 e.